The van der Waals surface area contributed by atoms with Crippen LogP contribution in [0.5, 0.6) is 0 Å². The summed E-state index contributed by atoms with van der Waals surface area (Å²) in [5.74, 6) is 1.10. The topological polar surface area (TPSA) is 59.4 Å². The molecule has 1 atom stereocenters. The van der Waals surface area contributed by atoms with E-state index in [2.05, 4.69) is 70.2 Å². The molecule has 0 saturated carbocycles. The zero-order valence-electron chi connectivity index (χ0n) is 28.5. The van der Waals surface area contributed by atoms with Crippen LogP contribution in [0.25, 0.3) is 22.0 Å². The van der Waals surface area contributed by atoms with Gasteiger partial charge < -0.3 is 14.8 Å². The first-order valence-corrected chi connectivity index (χ1v) is 16.3. The third kappa shape index (κ3) is 9.35. The second kappa shape index (κ2) is 16.8. The number of ether oxygens (including phenoxy) is 1. The van der Waals surface area contributed by atoms with E-state index in [1.165, 1.54) is 28.0 Å². The number of aliphatic hydroxyl groups excluding tert-OH is 1. The Bertz CT molecular complexity index is 1400. The molecule has 5 heteroatoms. The third-order valence-corrected chi connectivity index (χ3v) is 9.49. The Hall–Kier alpha value is -2.33. The second-order valence-electron chi connectivity index (χ2n) is 13.4. The first kappa shape index (κ1) is 37.9. The third-order valence-electron chi connectivity index (χ3n) is 9.49. The normalized spacial score (nSPS) is 17.0. The maximum Gasteiger partial charge on any atom is 0.164 e. The van der Waals surface area contributed by atoms with Crippen molar-refractivity contribution in [1.29, 1.82) is 0 Å². The molecule has 4 nitrogen and oxygen atoms in total. The van der Waals surface area contributed by atoms with E-state index in [0.29, 0.717) is 5.92 Å². The van der Waals surface area contributed by atoms with Crippen molar-refractivity contribution in [3.63, 3.8) is 0 Å². The number of nitrogens with zero attached hydrogens (tertiary/aromatic N) is 1. The summed E-state index contributed by atoms with van der Waals surface area (Å²) in [6.45, 7) is 20.6. The fourth-order valence-electron chi connectivity index (χ4n) is 5.86. The van der Waals surface area contributed by atoms with Gasteiger partial charge in [0, 0.05) is 55.7 Å². The molecule has 2 aromatic carbocycles. The van der Waals surface area contributed by atoms with E-state index in [4.69, 9.17) is 9.72 Å². The number of ketones is 1. The fourth-order valence-corrected chi connectivity index (χ4v) is 5.86. The quantitative estimate of drug-likeness (QED) is 0.120. The molecular formula is C39H54IrNO3-. The van der Waals surface area contributed by atoms with Crippen molar-refractivity contribution >= 4 is 16.6 Å². The number of carbonyl (C=O) groups excluding carboxylic acids is 1. The van der Waals surface area contributed by atoms with Crippen LogP contribution in [0.2, 0.25) is 0 Å². The molecule has 1 aromatic heterocycles. The molecule has 1 aliphatic heterocycles. The minimum atomic E-state index is -0.319. The van der Waals surface area contributed by atoms with Crippen LogP contribution in [0.4, 0.5) is 0 Å². The number of allylic oxidation sites excluding steroid dienone is 2. The second-order valence-corrected chi connectivity index (χ2v) is 13.4. The van der Waals surface area contributed by atoms with Crippen LogP contribution in [0.3, 0.4) is 0 Å². The first-order chi connectivity index (χ1) is 20.4. The van der Waals surface area contributed by atoms with Gasteiger partial charge in [0.25, 0.3) is 0 Å². The number of fused-ring (bicyclic) bond motifs is 1. The van der Waals surface area contributed by atoms with E-state index in [1.54, 1.807) is 0 Å². The average Bonchev–Trinajstić information content (AvgIpc) is 3.44. The summed E-state index contributed by atoms with van der Waals surface area (Å²) in [7, 11) is 0. The molecule has 243 valence electrons. The minimum Gasteiger partial charge on any atom is -0.512 e. The Balaban J connectivity index is 0.000000345. The number of aliphatic hydroxyl groups is 1. The number of aromatic nitrogens is 1. The van der Waals surface area contributed by atoms with Gasteiger partial charge in [0.05, 0.1) is 12.4 Å². The van der Waals surface area contributed by atoms with E-state index in [0.717, 1.165) is 68.6 Å². The Morgan fingerprint density at radius 3 is 2.36 bits per heavy atom. The van der Waals surface area contributed by atoms with Crippen LogP contribution in [0.1, 0.15) is 104 Å². The maximum atomic E-state index is 12.0. The van der Waals surface area contributed by atoms with Crippen LogP contribution in [-0.4, -0.2) is 29.1 Å². The molecule has 0 aliphatic carbocycles. The predicted molar refractivity (Wildman–Crippen MR) is 181 cm³/mol. The zero-order valence-corrected chi connectivity index (χ0v) is 30.9. The SMILES string of the molecule is CCC(CC)/C(O)=C/C(=O)C(C)(CC)CC.Cc1[c-]c(-c2nccc3cc(CC(C)C)ccc23)cc(C2(C)CCOC2)c1.[Ir]. The molecule has 44 heavy (non-hydrogen) atoms. The molecule has 1 fully saturated rings. The smallest absolute Gasteiger partial charge is 0.164 e. The van der Waals surface area contributed by atoms with Crippen LogP contribution in [-0.2, 0) is 41.5 Å². The number of carbonyl (C=O) groups is 1. The molecule has 1 unspecified atom stereocenters. The van der Waals surface area contributed by atoms with Gasteiger partial charge in [-0.05, 0) is 72.5 Å². The van der Waals surface area contributed by atoms with Gasteiger partial charge in [-0.25, -0.2) is 0 Å². The van der Waals surface area contributed by atoms with E-state index in [1.807, 2.05) is 40.8 Å². The van der Waals surface area contributed by atoms with Gasteiger partial charge in [0.15, 0.2) is 5.78 Å². The molecule has 0 amide bonds. The standard InChI is InChI=1S/C25H28NO.C14H26O2.Ir/c1-17(2)11-19-5-6-23-20(14-19)7-9-26-24(23)21-12-18(3)13-22(15-21)25(4)8-10-27-16-25;1-6-11(7-2)12(15)10-13(16)14(5,8-3)9-4;/h5-7,9,13-15,17H,8,10-11,16H2,1-4H3;10-11,15H,6-9H2,1-5H3;/q-1;;/b;12-10-;. The van der Waals surface area contributed by atoms with Crippen LogP contribution in [0.15, 0.2) is 54.4 Å². The summed E-state index contributed by atoms with van der Waals surface area (Å²) in [5, 5.41) is 12.3. The molecular weight excluding hydrogens is 723 g/mol. The van der Waals surface area contributed by atoms with Crippen molar-refractivity contribution in [1.82, 2.24) is 4.98 Å². The summed E-state index contributed by atoms with van der Waals surface area (Å²) in [6.07, 6.45) is 8.92. The fraction of sp³-hybridized carbons (Fsp3) is 0.538. The van der Waals surface area contributed by atoms with Gasteiger partial charge in [0.1, 0.15) is 0 Å². The van der Waals surface area contributed by atoms with Gasteiger partial charge in [-0.3, -0.25) is 4.79 Å². The Morgan fingerprint density at radius 2 is 1.80 bits per heavy atom. The molecule has 0 bridgehead atoms. The molecule has 3 aromatic rings. The molecule has 2 heterocycles. The van der Waals surface area contributed by atoms with E-state index in [9.17, 15) is 9.90 Å². The summed E-state index contributed by atoms with van der Waals surface area (Å²) < 4.78 is 5.69. The number of benzene rings is 2. The van der Waals surface area contributed by atoms with Crippen LogP contribution < -0.4 is 0 Å². The molecule has 1 radical (unpaired) electrons. The van der Waals surface area contributed by atoms with E-state index < -0.39 is 0 Å². The average molecular weight is 777 g/mol. The van der Waals surface area contributed by atoms with Gasteiger partial charge in [-0.1, -0.05) is 80.5 Å². The molecule has 1 aliphatic rings. The van der Waals surface area contributed by atoms with Crippen molar-refractivity contribution in [3.05, 3.63) is 77.2 Å². The number of aryl methyl sites for hydroxylation is 1. The van der Waals surface area contributed by atoms with E-state index in [-0.39, 0.29) is 48.4 Å². The molecule has 0 spiro atoms. The van der Waals surface area contributed by atoms with Crippen molar-refractivity contribution in [2.75, 3.05) is 13.2 Å². The van der Waals surface area contributed by atoms with Gasteiger partial charge in [0.2, 0.25) is 0 Å². The Kier molecular flexibility index (Phi) is 14.5. The molecule has 1 N–H and O–H groups in total. The zero-order chi connectivity index (χ0) is 31.8. The maximum absolute atomic E-state index is 12.0. The number of hydrogen-bond acceptors (Lipinski definition) is 4. The van der Waals surface area contributed by atoms with Gasteiger partial charge in [-0.2, -0.15) is 0 Å². The summed E-state index contributed by atoms with van der Waals surface area (Å²) in [5.41, 5.74) is 5.76. The molecule has 1 saturated heterocycles. The van der Waals surface area contributed by atoms with Gasteiger partial charge >= 0.3 is 0 Å². The molecule has 4 rings (SSSR count). The number of rotatable bonds is 11. The summed E-state index contributed by atoms with van der Waals surface area (Å²) in [4.78, 5) is 16.8. The number of pyridine rings is 1. The summed E-state index contributed by atoms with van der Waals surface area (Å²) in [6, 6.07) is 17.0. The van der Waals surface area contributed by atoms with Crippen LogP contribution in [0, 0.1) is 30.2 Å². The van der Waals surface area contributed by atoms with Gasteiger partial charge in [-0.15, -0.1) is 34.9 Å². The first-order valence-electron chi connectivity index (χ1n) is 16.3. The van der Waals surface area contributed by atoms with Crippen molar-refractivity contribution in [3.8, 4) is 11.3 Å². The summed E-state index contributed by atoms with van der Waals surface area (Å²) >= 11 is 0. The van der Waals surface area contributed by atoms with Crippen molar-refractivity contribution < 1.29 is 34.7 Å². The van der Waals surface area contributed by atoms with Crippen molar-refractivity contribution in [2.45, 2.75) is 106 Å². The largest absolute Gasteiger partial charge is 0.512 e. The minimum absolute atomic E-state index is 0. The van der Waals surface area contributed by atoms with Crippen LogP contribution >= 0.6 is 0 Å². The van der Waals surface area contributed by atoms with Crippen molar-refractivity contribution in [2.24, 2.45) is 17.3 Å². The Labute approximate surface area is 280 Å². The monoisotopic (exact) mass is 777 g/mol. The Morgan fingerprint density at radius 1 is 1.11 bits per heavy atom. The van der Waals surface area contributed by atoms with E-state index >= 15 is 0 Å². The number of hydrogen-bond donors (Lipinski definition) is 1. The predicted octanol–water partition coefficient (Wildman–Crippen LogP) is 10.1.